The third-order valence-corrected chi connectivity index (χ3v) is 13.4. The van der Waals surface area contributed by atoms with E-state index >= 15 is 0 Å². The van der Waals surface area contributed by atoms with Crippen LogP contribution in [0.3, 0.4) is 0 Å². The minimum Gasteiger partial charge on any atom is -0.497 e. The number of likely N-dealkylation sites (tertiary alicyclic amines) is 1. The van der Waals surface area contributed by atoms with Gasteiger partial charge in [-0.05, 0) is 43.1 Å². The molecule has 0 amide bonds. The van der Waals surface area contributed by atoms with Crippen molar-refractivity contribution in [2.75, 3.05) is 55.2 Å². The van der Waals surface area contributed by atoms with E-state index in [1.807, 2.05) is 0 Å². The number of nitrogens with zero attached hydrogens (tertiary/aromatic N) is 1. The molecule has 2 N–H and O–H groups in total. The molecule has 260 valence electrons. The fourth-order valence-electron chi connectivity index (χ4n) is 12.4. The second-order valence-corrected chi connectivity index (χ2v) is 14.7. The van der Waals surface area contributed by atoms with Crippen LogP contribution in [0.4, 0.5) is 0 Å². The third kappa shape index (κ3) is 4.00. The highest BCUT2D eigenvalue weighted by Crippen LogP contribution is 2.80. The average Bonchev–Trinajstić information content (AvgIpc) is 3.43. The Morgan fingerprint density at radius 2 is 1.68 bits per heavy atom. The molecular weight excluding hydrogens is 610 g/mol. The van der Waals surface area contributed by atoms with E-state index in [-0.39, 0.29) is 30.7 Å². The molecule has 1 aromatic carbocycles. The number of hydrogen-bond donors (Lipinski definition) is 2. The van der Waals surface area contributed by atoms with Gasteiger partial charge >= 0.3 is 11.9 Å². The van der Waals surface area contributed by atoms with Crippen LogP contribution >= 0.6 is 0 Å². The average molecular weight is 660 g/mol. The van der Waals surface area contributed by atoms with Gasteiger partial charge in [0.25, 0.3) is 0 Å². The van der Waals surface area contributed by atoms with Gasteiger partial charge in [-0.2, -0.15) is 0 Å². The van der Waals surface area contributed by atoms with E-state index in [1.54, 1.807) is 52.7 Å². The number of piperidine rings is 1. The molecule has 12 heteroatoms. The van der Waals surface area contributed by atoms with Gasteiger partial charge < -0.3 is 43.4 Å². The van der Waals surface area contributed by atoms with Gasteiger partial charge in [0.1, 0.15) is 23.1 Å². The molecule has 12 nitrogen and oxygen atoms in total. The molecule has 47 heavy (non-hydrogen) atoms. The van der Waals surface area contributed by atoms with Crippen LogP contribution in [0, 0.1) is 34.5 Å². The van der Waals surface area contributed by atoms with Crippen molar-refractivity contribution in [1.29, 1.82) is 0 Å². The summed E-state index contributed by atoms with van der Waals surface area (Å²) in [6.45, 7) is 5.04. The SMILES string of the molecule is CCN1CC2(COC)C(O)CC(OC)C34C5CC6(O)C(OC)CC(OC(C)=O)(C5C6OC(=O)c5ccc(OC)cc5)C(C(OC)C23)C14. The smallest absolute Gasteiger partial charge is 0.338 e. The lowest BCUT2D eigenvalue weighted by Crippen LogP contribution is -2.79. The molecule has 14 unspecified atom stereocenters. The standard InChI is InChI=1S/C35H49NO11/c1-8-36-16-32(17-41-3)22(38)13-23(43-5)35-21-14-33(40)24(44-6)15-34(47-18(2)37,26(29(35)36)27(45-7)28(32)35)25(21)30(33)46-31(39)19-9-11-20(42-4)12-10-19/h9-12,21-30,38,40H,8,13-17H2,1-7H3. The predicted octanol–water partition coefficient (Wildman–Crippen LogP) is 1.69. The number of benzene rings is 1. The lowest BCUT2D eigenvalue weighted by molar-refractivity contribution is -0.300. The molecule has 0 radical (unpaired) electrons. The van der Waals surface area contributed by atoms with Crippen LogP contribution in [-0.4, -0.2) is 130 Å². The Morgan fingerprint density at radius 3 is 2.26 bits per heavy atom. The Bertz CT molecular complexity index is 1390. The zero-order valence-electron chi connectivity index (χ0n) is 28.3. The van der Waals surface area contributed by atoms with E-state index in [0.717, 1.165) is 0 Å². The number of esters is 2. The Balaban J connectivity index is 1.47. The van der Waals surface area contributed by atoms with Gasteiger partial charge in [-0.15, -0.1) is 0 Å². The van der Waals surface area contributed by atoms with E-state index in [0.29, 0.717) is 37.4 Å². The van der Waals surface area contributed by atoms with Gasteiger partial charge in [-0.3, -0.25) is 9.69 Å². The molecule has 1 aliphatic heterocycles. The zero-order chi connectivity index (χ0) is 33.7. The molecule has 5 aliphatic carbocycles. The number of carbonyl (C=O) groups is 2. The van der Waals surface area contributed by atoms with Gasteiger partial charge in [0.2, 0.25) is 0 Å². The van der Waals surface area contributed by atoms with Gasteiger partial charge in [-0.25, -0.2) is 4.79 Å². The Hall–Kier alpha value is -2.32. The highest BCUT2D eigenvalue weighted by atomic mass is 16.6. The van der Waals surface area contributed by atoms with Gasteiger partial charge in [-0.1, -0.05) is 6.92 Å². The molecule has 5 saturated carbocycles. The van der Waals surface area contributed by atoms with Crippen LogP contribution < -0.4 is 4.74 Å². The molecule has 1 spiro atoms. The first kappa shape index (κ1) is 33.2. The van der Waals surface area contributed by atoms with Crippen molar-refractivity contribution >= 4 is 11.9 Å². The van der Waals surface area contributed by atoms with E-state index < -0.39 is 76.3 Å². The molecule has 1 saturated heterocycles. The first-order valence-corrected chi connectivity index (χ1v) is 16.7. The molecule has 6 fully saturated rings. The fraction of sp³-hybridized carbons (Fsp3) is 0.771. The molecule has 7 rings (SSSR count). The van der Waals surface area contributed by atoms with Crippen LogP contribution in [0.15, 0.2) is 24.3 Å². The lowest BCUT2D eigenvalue weighted by Gasteiger charge is -2.70. The molecule has 1 heterocycles. The summed E-state index contributed by atoms with van der Waals surface area (Å²) in [5.41, 5.74) is -3.89. The fourth-order valence-corrected chi connectivity index (χ4v) is 12.4. The van der Waals surface area contributed by atoms with Crippen molar-refractivity contribution < 1.29 is 53.0 Å². The zero-order valence-corrected chi connectivity index (χ0v) is 28.3. The topological polar surface area (TPSA) is 142 Å². The van der Waals surface area contributed by atoms with E-state index in [4.69, 9.17) is 33.2 Å². The molecule has 1 aromatic rings. The van der Waals surface area contributed by atoms with Crippen LogP contribution in [0.1, 0.15) is 43.5 Å². The monoisotopic (exact) mass is 659 g/mol. The maximum Gasteiger partial charge on any atom is 0.338 e. The summed E-state index contributed by atoms with van der Waals surface area (Å²) in [6.07, 6.45) is -2.70. The van der Waals surface area contributed by atoms with Gasteiger partial charge in [0.05, 0.1) is 43.7 Å². The van der Waals surface area contributed by atoms with E-state index in [2.05, 4.69) is 11.8 Å². The van der Waals surface area contributed by atoms with Crippen molar-refractivity contribution in [3.05, 3.63) is 29.8 Å². The molecule has 0 aromatic heterocycles. The van der Waals surface area contributed by atoms with Crippen LogP contribution in [0.5, 0.6) is 5.75 Å². The van der Waals surface area contributed by atoms with E-state index in [9.17, 15) is 19.8 Å². The number of aliphatic hydroxyl groups is 2. The minimum atomic E-state index is -1.58. The minimum absolute atomic E-state index is 0.179. The summed E-state index contributed by atoms with van der Waals surface area (Å²) >= 11 is 0. The second-order valence-electron chi connectivity index (χ2n) is 14.7. The Kier molecular flexibility index (Phi) is 8.02. The summed E-state index contributed by atoms with van der Waals surface area (Å²) in [7, 11) is 8.11. The third-order valence-electron chi connectivity index (χ3n) is 13.4. The highest BCUT2D eigenvalue weighted by molar-refractivity contribution is 5.89. The van der Waals surface area contributed by atoms with Crippen molar-refractivity contribution in [3.8, 4) is 5.75 Å². The Morgan fingerprint density at radius 1 is 0.979 bits per heavy atom. The van der Waals surface area contributed by atoms with E-state index in [1.165, 1.54) is 14.0 Å². The summed E-state index contributed by atoms with van der Waals surface area (Å²) in [6, 6.07) is 6.44. The van der Waals surface area contributed by atoms with Crippen molar-refractivity contribution in [2.45, 2.75) is 80.9 Å². The Labute approximate surface area is 275 Å². The largest absolute Gasteiger partial charge is 0.497 e. The molecule has 7 bridgehead atoms. The number of hydrogen-bond acceptors (Lipinski definition) is 12. The predicted molar refractivity (Wildman–Crippen MR) is 166 cm³/mol. The molecule has 6 aliphatic rings. The van der Waals surface area contributed by atoms with Crippen molar-refractivity contribution in [2.24, 2.45) is 34.5 Å². The van der Waals surface area contributed by atoms with Gasteiger partial charge in [0.15, 0.2) is 0 Å². The molecule has 14 atom stereocenters. The normalized spacial score (nSPS) is 47.4. The summed E-state index contributed by atoms with van der Waals surface area (Å²) < 4.78 is 43.2. The lowest BCUT2D eigenvalue weighted by atomic mass is 9.42. The number of carbonyl (C=O) groups excluding carboxylic acids is 2. The summed E-state index contributed by atoms with van der Waals surface area (Å²) in [4.78, 5) is 29.5. The first-order chi connectivity index (χ1) is 22.5. The summed E-state index contributed by atoms with van der Waals surface area (Å²) in [5.74, 6) is -2.10. The number of aliphatic hydroxyl groups excluding tert-OH is 1. The van der Waals surface area contributed by atoms with Gasteiger partial charge in [0, 0.05) is 89.4 Å². The number of methoxy groups -OCH3 is 5. The van der Waals surface area contributed by atoms with Crippen LogP contribution in [-0.2, 0) is 33.2 Å². The number of ether oxygens (including phenoxy) is 7. The first-order valence-electron chi connectivity index (χ1n) is 16.7. The maximum absolute atomic E-state index is 13.9. The quantitative estimate of drug-likeness (QED) is 0.353. The number of rotatable bonds is 10. The van der Waals surface area contributed by atoms with Crippen molar-refractivity contribution in [1.82, 2.24) is 4.90 Å². The van der Waals surface area contributed by atoms with Crippen molar-refractivity contribution in [3.63, 3.8) is 0 Å². The summed E-state index contributed by atoms with van der Waals surface area (Å²) in [5, 5.41) is 24.8. The second kappa shape index (κ2) is 11.4. The van der Waals surface area contributed by atoms with Crippen LogP contribution in [0.25, 0.3) is 0 Å². The molecular formula is C35H49NO11. The highest BCUT2D eigenvalue weighted by Gasteiger charge is 2.90. The number of fused-ring (bicyclic) bond motifs is 2. The van der Waals surface area contributed by atoms with Crippen LogP contribution in [0.2, 0.25) is 0 Å². The maximum atomic E-state index is 13.9.